The van der Waals surface area contributed by atoms with Crippen molar-refractivity contribution in [2.24, 2.45) is 5.92 Å². The Morgan fingerprint density at radius 1 is 1.38 bits per heavy atom. The molecule has 120 valence electrons. The van der Waals surface area contributed by atoms with Gasteiger partial charge in [-0.2, -0.15) is 0 Å². The van der Waals surface area contributed by atoms with Crippen LogP contribution >= 0.6 is 0 Å². The van der Waals surface area contributed by atoms with Gasteiger partial charge in [-0.3, -0.25) is 4.79 Å². The first-order valence-electron chi connectivity index (χ1n) is 7.81. The van der Waals surface area contributed by atoms with E-state index < -0.39 is 5.97 Å². The first-order valence-corrected chi connectivity index (χ1v) is 7.81. The molecule has 2 amide bonds. The van der Waals surface area contributed by atoms with Crippen LogP contribution in [-0.2, 0) is 9.53 Å². The van der Waals surface area contributed by atoms with Crippen molar-refractivity contribution in [2.45, 2.75) is 57.6 Å². The van der Waals surface area contributed by atoms with Crippen LogP contribution in [0, 0.1) is 5.92 Å². The van der Waals surface area contributed by atoms with E-state index in [1.807, 2.05) is 18.7 Å². The first kappa shape index (κ1) is 16.1. The summed E-state index contributed by atoms with van der Waals surface area (Å²) in [6.07, 6.45) is 3.45. The minimum absolute atomic E-state index is 0.0160. The van der Waals surface area contributed by atoms with Crippen LogP contribution in [0.2, 0.25) is 0 Å². The summed E-state index contributed by atoms with van der Waals surface area (Å²) in [5.41, 5.74) is -0.215. The van der Waals surface area contributed by atoms with Gasteiger partial charge in [0.1, 0.15) is 0 Å². The van der Waals surface area contributed by atoms with Gasteiger partial charge in [-0.15, -0.1) is 0 Å². The third kappa shape index (κ3) is 4.33. The van der Waals surface area contributed by atoms with Gasteiger partial charge in [0.15, 0.2) is 0 Å². The number of carbonyl (C=O) groups is 2. The van der Waals surface area contributed by atoms with E-state index in [0.29, 0.717) is 19.7 Å². The zero-order valence-electron chi connectivity index (χ0n) is 12.9. The molecule has 0 aromatic carbocycles. The number of carboxylic acids is 1. The first-order chi connectivity index (χ1) is 9.90. The van der Waals surface area contributed by atoms with Crippen LogP contribution in [0.1, 0.15) is 46.0 Å². The molecule has 0 radical (unpaired) electrons. The Bertz CT molecular complexity index is 389. The van der Waals surface area contributed by atoms with Crippen molar-refractivity contribution in [3.8, 4) is 0 Å². The number of amides is 2. The zero-order chi connectivity index (χ0) is 15.5. The van der Waals surface area contributed by atoms with Gasteiger partial charge >= 0.3 is 12.0 Å². The van der Waals surface area contributed by atoms with E-state index in [9.17, 15) is 9.59 Å². The summed E-state index contributed by atoms with van der Waals surface area (Å²) in [6.45, 7) is 5.89. The molecule has 0 aliphatic carbocycles. The molecule has 0 unspecified atom stereocenters. The van der Waals surface area contributed by atoms with E-state index in [-0.39, 0.29) is 30.0 Å². The summed E-state index contributed by atoms with van der Waals surface area (Å²) in [4.78, 5) is 24.7. The summed E-state index contributed by atoms with van der Waals surface area (Å²) in [6, 6.07) is 0.122. The largest absolute Gasteiger partial charge is 0.481 e. The number of likely N-dealkylation sites (tertiary alicyclic amines) is 1. The Labute approximate surface area is 125 Å². The van der Waals surface area contributed by atoms with Crippen molar-refractivity contribution < 1.29 is 19.4 Å². The van der Waals surface area contributed by atoms with E-state index in [0.717, 1.165) is 25.7 Å². The van der Waals surface area contributed by atoms with Crippen LogP contribution in [0.5, 0.6) is 0 Å². The van der Waals surface area contributed by atoms with Crippen LogP contribution in [0.25, 0.3) is 0 Å². The molecule has 21 heavy (non-hydrogen) atoms. The topological polar surface area (TPSA) is 78.9 Å². The van der Waals surface area contributed by atoms with Crippen molar-refractivity contribution in [1.82, 2.24) is 10.2 Å². The summed E-state index contributed by atoms with van der Waals surface area (Å²) >= 11 is 0. The molecule has 0 aromatic heterocycles. The predicted molar refractivity (Wildman–Crippen MR) is 78.1 cm³/mol. The van der Waals surface area contributed by atoms with E-state index >= 15 is 0 Å². The molecule has 2 aliphatic rings. The number of hydrogen-bond donors (Lipinski definition) is 2. The summed E-state index contributed by atoms with van der Waals surface area (Å²) < 4.78 is 5.98. The molecular formula is C15H26N2O4. The monoisotopic (exact) mass is 298 g/mol. The van der Waals surface area contributed by atoms with Crippen LogP contribution in [0.15, 0.2) is 0 Å². The Morgan fingerprint density at radius 3 is 2.62 bits per heavy atom. The average Bonchev–Trinajstić information content (AvgIpc) is 2.38. The number of rotatable bonds is 3. The predicted octanol–water partition coefficient (Wildman–Crippen LogP) is 1.84. The normalized spacial score (nSPS) is 25.1. The molecule has 2 rings (SSSR count). The number of nitrogens with one attached hydrogen (secondary N) is 1. The lowest BCUT2D eigenvalue weighted by Crippen LogP contribution is -2.53. The third-order valence-electron chi connectivity index (χ3n) is 4.43. The van der Waals surface area contributed by atoms with Gasteiger partial charge in [0.2, 0.25) is 0 Å². The van der Waals surface area contributed by atoms with Crippen molar-refractivity contribution in [2.75, 3.05) is 19.7 Å². The van der Waals surface area contributed by atoms with Gasteiger partial charge in [-0.1, -0.05) is 0 Å². The Hall–Kier alpha value is -1.30. The summed E-state index contributed by atoms with van der Waals surface area (Å²) in [7, 11) is 0. The zero-order valence-corrected chi connectivity index (χ0v) is 12.9. The number of piperidine rings is 1. The van der Waals surface area contributed by atoms with Crippen LogP contribution < -0.4 is 5.32 Å². The Kier molecular flexibility index (Phi) is 5.08. The summed E-state index contributed by atoms with van der Waals surface area (Å²) in [5.74, 6) is -0.530. The maximum absolute atomic E-state index is 12.0. The molecule has 0 bridgehead atoms. The van der Waals surface area contributed by atoms with Crippen molar-refractivity contribution in [3.63, 3.8) is 0 Å². The number of aliphatic carboxylic acids is 1. The second kappa shape index (κ2) is 6.64. The number of urea groups is 1. The SMILES string of the molecule is CC(C)NC(=O)N1CCC2(CC1)C[C@@H](CC(=O)O)CCO2. The fraction of sp³-hybridized carbons (Fsp3) is 0.867. The number of nitrogens with zero attached hydrogens (tertiary/aromatic N) is 1. The fourth-order valence-electron chi connectivity index (χ4n) is 3.35. The van der Waals surface area contributed by atoms with Crippen molar-refractivity contribution >= 4 is 12.0 Å². The van der Waals surface area contributed by atoms with E-state index in [4.69, 9.17) is 9.84 Å². The molecule has 2 fully saturated rings. The van der Waals surface area contributed by atoms with Gasteiger partial charge in [-0.25, -0.2) is 4.79 Å². The maximum Gasteiger partial charge on any atom is 0.317 e. The highest BCUT2D eigenvalue weighted by Crippen LogP contribution is 2.38. The maximum atomic E-state index is 12.0. The van der Waals surface area contributed by atoms with Gasteiger partial charge in [0, 0.05) is 32.2 Å². The third-order valence-corrected chi connectivity index (χ3v) is 4.43. The standard InChI is InChI=1S/C15H26N2O4/c1-11(2)16-14(20)17-6-4-15(5-7-17)10-12(3-8-21-15)9-13(18)19/h11-12H,3-10H2,1-2H3,(H,16,20)(H,18,19)/t12-/m1/s1. The molecule has 2 aliphatic heterocycles. The number of ether oxygens (including phenoxy) is 1. The molecule has 1 atom stereocenters. The van der Waals surface area contributed by atoms with Gasteiger partial charge in [0.25, 0.3) is 0 Å². The molecule has 0 saturated carbocycles. The van der Waals surface area contributed by atoms with Gasteiger partial charge in [-0.05, 0) is 45.4 Å². The molecule has 6 heteroatoms. The second-order valence-electron chi connectivity index (χ2n) is 6.58. The molecular weight excluding hydrogens is 272 g/mol. The quantitative estimate of drug-likeness (QED) is 0.833. The lowest BCUT2D eigenvalue weighted by molar-refractivity contribution is -0.145. The molecule has 1 spiro atoms. The molecule has 2 saturated heterocycles. The Balaban J connectivity index is 1.87. The molecule has 2 N–H and O–H groups in total. The summed E-state index contributed by atoms with van der Waals surface area (Å²) in [5, 5.41) is 11.9. The number of carbonyl (C=O) groups excluding carboxylic acids is 1. The second-order valence-corrected chi connectivity index (χ2v) is 6.58. The van der Waals surface area contributed by atoms with E-state index in [2.05, 4.69) is 5.32 Å². The average molecular weight is 298 g/mol. The minimum Gasteiger partial charge on any atom is -0.481 e. The molecule has 2 heterocycles. The van der Waals surface area contributed by atoms with Crippen LogP contribution in [0.3, 0.4) is 0 Å². The number of carboxylic acid groups (broad SMARTS) is 1. The number of hydrogen-bond acceptors (Lipinski definition) is 3. The van der Waals surface area contributed by atoms with E-state index in [1.165, 1.54) is 0 Å². The highest BCUT2D eigenvalue weighted by molar-refractivity contribution is 5.74. The van der Waals surface area contributed by atoms with Crippen LogP contribution in [0.4, 0.5) is 4.79 Å². The highest BCUT2D eigenvalue weighted by Gasteiger charge is 2.41. The van der Waals surface area contributed by atoms with Gasteiger partial charge in [0.05, 0.1) is 5.60 Å². The lowest BCUT2D eigenvalue weighted by atomic mass is 9.78. The fourth-order valence-corrected chi connectivity index (χ4v) is 3.35. The minimum atomic E-state index is -0.731. The van der Waals surface area contributed by atoms with E-state index in [1.54, 1.807) is 0 Å². The highest BCUT2D eigenvalue weighted by atomic mass is 16.5. The smallest absolute Gasteiger partial charge is 0.317 e. The van der Waals surface area contributed by atoms with Crippen LogP contribution in [-0.4, -0.2) is 53.3 Å². The van der Waals surface area contributed by atoms with Crippen molar-refractivity contribution in [3.05, 3.63) is 0 Å². The molecule has 6 nitrogen and oxygen atoms in total. The van der Waals surface area contributed by atoms with Crippen molar-refractivity contribution in [1.29, 1.82) is 0 Å². The Morgan fingerprint density at radius 2 is 2.05 bits per heavy atom. The van der Waals surface area contributed by atoms with Gasteiger partial charge < -0.3 is 20.1 Å². The molecule has 0 aromatic rings. The lowest BCUT2D eigenvalue weighted by Gasteiger charge is -2.46.